The van der Waals surface area contributed by atoms with Crippen molar-refractivity contribution in [1.29, 1.82) is 0 Å². The molecule has 19 heavy (non-hydrogen) atoms. The lowest BCUT2D eigenvalue weighted by atomic mass is 9.62. The van der Waals surface area contributed by atoms with Crippen LogP contribution in [-0.4, -0.2) is 42.3 Å². The van der Waals surface area contributed by atoms with Crippen molar-refractivity contribution in [3.8, 4) is 0 Å². The summed E-state index contributed by atoms with van der Waals surface area (Å²) in [5.41, 5.74) is -0.483. The maximum absolute atomic E-state index is 10.1. The molecule has 0 aliphatic rings. The summed E-state index contributed by atoms with van der Waals surface area (Å²) in [7, 11) is 3.91. The molecule has 0 spiro atoms. The monoisotopic (exact) mass is 264 g/mol. The zero-order valence-corrected chi connectivity index (χ0v) is 13.1. The van der Waals surface area contributed by atoms with E-state index in [1.54, 1.807) is 20.0 Å². The molecule has 0 aliphatic heterocycles. The lowest BCUT2D eigenvalue weighted by molar-refractivity contribution is -0.0918. The summed E-state index contributed by atoms with van der Waals surface area (Å²) >= 11 is 0. The molecular weight excluding hydrogens is 239 g/mol. The zero-order valence-electron chi connectivity index (χ0n) is 13.1. The molecule has 1 rings (SSSR count). The number of hydrogen-bond acceptors (Lipinski definition) is 4. The maximum Gasteiger partial charge on any atom is 0.324 e. The van der Waals surface area contributed by atoms with Crippen LogP contribution in [0.2, 0.25) is 6.82 Å². The first-order valence-electron chi connectivity index (χ1n) is 6.58. The lowest BCUT2D eigenvalue weighted by Crippen LogP contribution is -2.52. The SMILES string of the molecule is CB(OC(C)(C)C(C)(C)O)c1ccnc(N(C)C)c1. The third-order valence-corrected chi connectivity index (χ3v) is 3.64. The van der Waals surface area contributed by atoms with E-state index in [9.17, 15) is 5.11 Å². The second-order valence-corrected chi connectivity index (χ2v) is 6.17. The highest BCUT2D eigenvalue weighted by Gasteiger charge is 2.38. The summed E-state index contributed by atoms with van der Waals surface area (Å²) in [5, 5.41) is 10.1. The summed E-state index contributed by atoms with van der Waals surface area (Å²) < 4.78 is 6.03. The summed E-state index contributed by atoms with van der Waals surface area (Å²) in [6.07, 6.45) is 1.78. The average Bonchev–Trinajstić information content (AvgIpc) is 2.27. The van der Waals surface area contributed by atoms with Crippen LogP contribution >= 0.6 is 0 Å². The van der Waals surface area contributed by atoms with E-state index in [-0.39, 0.29) is 6.92 Å². The van der Waals surface area contributed by atoms with Gasteiger partial charge in [-0.1, -0.05) is 6.82 Å². The van der Waals surface area contributed by atoms with E-state index < -0.39 is 11.2 Å². The molecule has 106 valence electrons. The molecule has 0 saturated heterocycles. The molecule has 5 heteroatoms. The van der Waals surface area contributed by atoms with Crippen LogP contribution in [0.15, 0.2) is 18.3 Å². The molecule has 0 fully saturated rings. The van der Waals surface area contributed by atoms with Gasteiger partial charge in [-0.15, -0.1) is 0 Å². The highest BCUT2D eigenvalue weighted by atomic mass is 16.5. The Hall–Kier alpha value is -1.07. The van der Waals surface area contributed by atoms with Crippen molar-refractivity contribution in [2.75, 3.05) is 19.0 Å². The van der Waals surface area contributed by atoms with Crippen LogP contribution in [0, 0.1) is 0 Å². The van der Waals surface area contributed by atoms with Crippen molar-refractivity contribution in [1.82, 2.24) is 4.98 Å². The Labute approximate surface area is 116 Å². The lowest BCUT2D eigenvalue weighted by Gasteiger charge is -2.39. The van der Waals surface area contributed by atoms with E-state index in [4.69, 9.17) is 4.65 Å². The molecule has 0 aliphatic carbocycles. The molecule has 0 amide bonds. The van der Waals surface area contributed by atoms with E-state index in [2.05, 4.69) is 4.98 Å². The molecule has 1 aromatic heterocycles. The van der Waals surface area contributed by atoms with Gasteiger partial charge in [0.2, 0.25) is 0 Å². The number of anilines is 1. The molecule has 1 N–H and O–H groups in total. The minimum Gasteiger partial charge on any atom is -0.423 e. The van der Waals surface area contributed by atoms with Crippen LogP contribution in [0.3, 0.4) is 0 Å². The average molecular weight is 264 g/mol. The number of nitrogens with zero attached hydrogens (tertiary/aromatic N) is 2. The highest BCUT2D eigenvalue weighted by molar-refractivity contribution is 6.66. The molecule has 1 aromatic rings. The van der Waals surface area contributed by atoms with Crippen molar-refractivity contribution >= 4 is 18.2 Å². The molecule has 0 unspecified atom stereocenters. The van der Waals surface area contributed by atoms with E-state index in [1.165, 1.54) is 0 Å². The Morgan fingerprint density at radius 2 is 1.84 bits per heavy atom. The summed E-state index contributed by atoms with van der Waals surface area (Å²) in [5.74, 6) is 0.897. The Morgan fingerprint density at radius 1 is 1.26 bits per heavy atom. The van der Waals surface area contributed by atoms with Gasteiger partial charge in [0.1, 0.15) is 5.82 Å². The second-order valence-electron chi connectivity index (χ2n) is 6.17. The van der Waals surface area contributed by atoms with Gasteiger partial charge in [-0.3, -0.25) is 0 Å². The van der Waals surface area contributed by atoms with Crippen LogP contribution in [0.25, 0.3) is 0 Å². The van der Waals surface area contributed by atoms with Crippen LogP contribution in [0.4, 0.5) is 5.82 Å². The van der Waals surface area contributed by atoms with Crippen molar-refractivity contribution in [3.05, 3.63) is 18.3 Å². The van der Waals surface area contributed by atoms with Gasteiger partial charge in [0, 0.05) is 20.3 Å². The molecule has 0 atom stereocenters. The first-order chi connectivity index (χ1) is 8.54. The van der Waals surface area contributed by atoms with E-state index in [1.807, 2.05) is 51.8 Å². The Morgan fingerprint density at radius 3 is 2.32 bits per heavy atom. The van der Waals surface area contributed by atoms with Gasteiger partial charge in [0.15, 0.2) is 0 Å². The fourth-order valence-corrected chi connectivity index (χ4v) is 1.59. The van der Waals surface area contributed by atoms with Gasteiger partial charge in [0.05, 0.1) is 11.2 Å². The number of aliphatic hydroxyl groups is 1. The van der Waals surface area contributed by atoms with Crippen molar-refractivity contribution < 1.29 is 9.76 Å². The van der Waals surface area contributed by atoms with E-state index in [0.717, 1.165) is 11.3 Å². The maximum atomic E-state index is 10.1. The molecule has 0 bridgehead atoms. The van der Waals surface area contributed by atoms with Crippen molar-refractivity contribution in [3.63, 3.8) is 0 Å². The molecule has 0 aromatic carbocycles. The highest BCUT2D eigenvalue weighted by Crippen LogP contribution is 2.25. The Bertz CT molecular complexity index is 428. The Balaban J connectivity index is 2.90. The molecular formula is C14H25BN2O2. The minimum absolute atomic E-state index is 0.108. The predicted molar refractivity (Wildman–Crippen MR) is 81.3 cm³/mol. The van der Waals surface area contributed by atoms with Gasteiger partial charge in [0.25, 0.3) is 0 Å². The van der Waals surface area contributed by atoms with Gasteiger partial charge in [-0.2, -0.15) is 0 Å². The number of hydrogen-bond donors (Lipinski definition) is 1. The first kappa shape index (κ1) is 16.0. The number of rotatable bonds is 5. The topological polar surface area (TPSA) is 45.6 Å². The van der Waals surface area contributed by atoms with Gasteiger partial charge in [-0.25, -0.2) is 4.98 Å². The van der Waals surface area contributed by atoms with Gasteiger partial charge in [-0.05, 0) is 45.3 Å². The van der Waals surface area contributed by atoms with Crippen LogP contribution < -0.4 is 10.4 Å². The molecule has 0 saturated carbocycles. The predicted octanol–water partition coefficient (Wildman–Crippen LogP) is 1.54. The van der Waals surface area contributed by atoms with Crippen LogP contribution in [-0.2, 0) is 4.65 Å². The van der Waals surface area contributed by atoms with Crippen LogP contribution in [0.5, 0.6) is 0 Å². The van der Waals surface area contributed by atoms with Crippen LogP contribution in [0.1, 0.15) is 27.7 Å². The van der Waals surface area contributed by atoms with Crippen molar-refractivity contribution in [2.45, 2.75) is 45.7 Å². The fourth-order valence-electron chi connectivity index (χ4n) is 1.59. The number of pyridine rings is 1. The summed E-state index contributed by atoms with van der Waals surface area (Å²) in [6, 6.07) is 3.95. The molecule has 4 nitrogen and oxygen atoms in total. The minimum atomic E-state index is -0.904. The zero-order chi connectivity index (χ0) is 14.8. The smallest absolute Gasteiger partial charge is 0.324 e. The van der Waals surface area contributed by atoms with Gasteiger partial charge >= 0.3 is 6.92 Å². The second kappa shape index (κ2) is 5.51. The van der Waals surface area contributed by atoms with Crippen molar-refractivity contribution in [2.24, 2.45) is 0 Å². The third kappa shape index (κ3) is 3.95. The Kier molecular flexibility index (Phi) is 4.64. The summed E-state index contributed by atoms with van der Waals surface area (Å²) in [4.78, 5) is 6.24. The normalized spacial score (nSPS) is 12.4. The molecule has 0 radical (unpaired) electrons. The first-order valence-corrected chi connectivity index (χ1v) is 6.58. The summed E-state index contributed by atoms with van der Waals surface area (Å²) in [6.45, 7) is 9.20. The quantitative estimate of drug-likeness (QED) is 0.819. The molecule has 1 heterocycles. The number of aromatic nitrogens is 1. The fraction of sp³-hybridized carbons (Fsp3) is 0.643. The van der Waals surface area contributed by atoms with Gasteiger partial charge < -0.3 is 14.7 Å². The largest absolute Gasteiger partial charge is 0.423 e. The standard InChI is InChI=1S/C14H25BN2O2/c1-13(2,18)14(3,4)19-15(5)11-8-9-16-12(10-11)17(6)7/h8-10,18H,1-7H3. The van der Waals surface area contributed by atoms with E-state index in [0.29, 0.717) is 0 Å². The third-order valence-electron chi connectivity index (χ3n) is 3.64. The van der Waals surface area contributed by atoms with E-state index >= 15 is 0 Å².